The molecule has 8 heteroatoms. The van der Waals surface area contributed by atoms with Gasteiger partial charge < -0.3 is 71.0 Å². The van der Waals surface area contributed by atoms with Crippen LogP contribution >= 0.6 is 0 Å². The first-order valence-electron chi connectivity index (χ1n) is 1.50. The van der Waals surface area contributed by atoms with Crippen LogP contribution in [-0.2, 0) is 11.7 Å². The van der Waals surface area contributed by atoms with Crippen molar-refractivity contribution in [3.05, 3.63) is 39.4 Å². The van der Waals surface area contributed by atoms with Crippen LogP contribution in [0.25, 0.3) is 0 Å². The molecule has 0 aliphatic heterocycles. The molecule has 0 aliphatic rings. The molecule has 0 N–H and O–H groups in total. The van der Waals surface area contributed by atoms with Crippen LogP contribution in [-0.4, -0.2) is 21.7 Å². The quantitative estimate of drug-likeness (QED) is 0.404. The van der Waals surface area contributed by atoms with Crippen LogP contribution < -0.4 is 0 Å². The van der Waals surface area contributed by atoms with Gasteiger partial charge in [0.05, 0.1) is 0 Å². The summed E-state index contributed by atoms with van der Waals surface area (Å²) in [5.74, 6) is 0. The van der Waals surface area contributed by atoms with Crippen molar-refractivity contribution in [1.82, 2.24) is 0 Å². The van der Waals surface area contributed by atoms with Crippen LogP contribution in [0.5, 0.6) is 0 Å². The average Bonchev–Trinajstić information content (AvgIpc) is 2.45. The Morgan fingerprint density at radius 2 is 0.429 bits per heavy atom. The Labute approximate surface area is 104 Å². The van der Waals surface area contributed by atoms with Crippen molar-refractivity contribution in [1.29, 1.82) is 31.6 Å². The second-order valence-electron chi connectivity index (χ2n) is 0. The normalized spacial score (nSPS) is 1.21. The van der Waals surface area contributed by atoms with E-state index in [-0.39, 0.29) is 0 Å². The minimum atomic E-state index is 1.19. The van der Waals surface area contributed by atoms with Crippen molar-refractivity contribution < 1.29 is 11.7 Å². The van der Waals surface area contributed by atoms with Gasteiger partial charge in [-0.15, -0.1) is 0 Å². The summed E-state index contributed by atoms with van der Waals surface area (Å²) in [5.41, 5.74) is 0. The van der Waals surface area contributed by atoms with Crippen molar-refractivity contribution in [2.75, 3.05) is 0 Å². The molecule has 0 fully saturated rings. The van der Waals surface area contributed by atoms with Crippen molar-refractivity contribution in [2.24, 2.45) is 0 Å². The summed E-state index contributed by atoms with van der Waals surface area (Å²) in [5, 5.41) is 37.5. The van der Waals surface area contributed by atoms with Crippen LogP contribution in [0.15, 0.2) is 0 Å². The second-order valence-corrected chi connectivity index (χ2v) is 0. The first kappa shape index (κ1) is 55.6. The SMILES string of the molecule is [C-]#N.[C-]#N.[C-]#N.[C-]#N.[C-]#N.[C-]#N.[Fe]=[Bi+]. The molecule has 0 unspecified atom stereocenters. The van der Waals surface area contributed by atoms with Gasteiger partial charge >= 0.3 is 33.5 Å². The number of hydrogen-bond acceptors (Lipinski definition) is 6. The first-order chi connectivity index (χ1) is 7.00. The Morgan fingerprint density at radius 3 is 0.429 bits per heavy atom. The van der Waals surface area contributed by atoms with E-state index in [1.807, 2.05) is 0 Å². The van der Waals surface area contributed by atoms with Crippen molar-refractivity contribution >= 4 is 21.7 Å². The molecule has 0 heterocycles. The summed E-state index contributed by atoms with van der Waals surface area (Å²) in [7, 11) is 0. The van der Waals surface area contributed by atoms with Gasteiger partial charge in [-0.05, 0) is 0 Å². The Bertz CT molecular complexity index is 109. The van der Waals surface area contributed by atoms with Gasteiger partial charge in [-0.1, -0.05) is 0 Å². The summed E-state index contributed by atoms with van der Waals surface area (Å²) in [6, 6.07) is 0. The van der Waals surface area contributed by atoms with Gasteiger partial charge in [0.2, 0.25) is 0 Å². The zero-order valence-corrected chi connectivity index (χ0v) is 11.1. The van der Waals surface area contributed by atoms with Crippen LogP contribution in [0, 0.1) is 71.0 Å². The minimum absolute atomic E-state index is 1.19. The molecular formula is C6BiFeN6-5. The number of rotatable bonds is 0. The average molecular weight is 421 g/mol. The first-order valence-corrected chi connectivity index (χ1v) is 7.06. The molecule has 0 aliphatic carbocycles. The van der Waals surface area contributed by atoms with E-state index >= 15 is 0 Å². The van der Waals surface area contributed by atoms with Gasteiger partial charge in [-0.3, -0.25) is 0 Å². The van der Waals surface area contributed by atoms with Crippen molar-refractivity contribution in [3.63, 3.8) is 0 Å². The van der Waals surface area contributed by atoms with Gasteiger partial charge in [0.1, 0.15) is 0 Å². The van der Waals surface area contributed by atoms with Crippen LogP contribution in [0.2, 0.25) is 0 Å². The molecule has 0 aromatic heterocycles. The van der Waals surface area contributed by atoms with Gasteiger partial charge in [0.25, 0.3) is 0 Å². The third kappa shape index (κ3) is 329. The van der Waals surface area contributed by atoms with Crippen molar-refractivity contribution in [2.45, 2.75) is 0 Å². The molecule has 14 heavy (non-hydrogen) atoms. The predicted molar refractivity (Wildman–Crippen MR) is 35.6 cm³/mol. The number of nitrogens with zero attached hydrogens (tertiary/aromatic N) is 6. The molecule has 0 aromatic rings. The van der Waals surface area contributed by atoms with E-state index in [2.05, 4.69) is 11.7 Å². The Morgan fingerprint density at radius 1 is 0.429 bits per heavy atom. The van der Waals surface area contributed by atoms with Crippen LogP contribution in [0.1, 0.15) is 0 Å². The third-order valence-corrected chi connectivity index (χ3v) is 0. The summed E-state index contributed by atoms with van der Waals surface area (Å²) >= 11 is 4.56. The summed E-state index contributed by atoms with van der Waals surface area (Å²) < 4.78 is 0. The van der Waals surface area contributed by atoms with E-state index in [4.69, 9.17) is 71.0 Å². The van der Waals surface area contributed by atoms with Crippen molar-refractivity contribution in [3.8, 4) is 0 Å². The predicted octanol–water partition coefficient (Wildman–Crippen LogP) is 0.195. The fraction of sp³-hybridized carbons (Fsp3) is 0. The van der Waals surface area contributed by atoms with Crippen LogP contribution in [0.3, 0.4) is 0 Å². The molecule has 6 nitrogen and oxygen atoms in total. The number of hydrogen-bond donors (Lipinski definition) is 0. The fourth-order valence-corrected chi connectivity index (χ4v) is 0. The van der Waals surface area contributed by atoms with Gasteiger partial charge in [-0.25, -0.2) is 0 Å². The Kier molecular flexibility index (Phi) is 1760. The molecule has 0 rings (SSSR count). The monoisotopic (exact) mass is 421 g/mol. The summed E-state index contributed by atoms with van der Waals surface area (Å²) in [6.45, 7) is 28.5. The molecule has 0 bridgehead atoms. The van der Waals surface area contributed by atoms with Crippen LogP contribution in [0.4, 0.5) is 0 Å². The molecule has 0 atom stereocenters. The van der Waals surface area contributed by atoms with E-state index in [1.54, 1.807) is 0 Å². The third-order valence-electron chi connectivity index (χ3n) is 0. The van der Waals surface area contributed by atoms with E-state index < -0.39 is 0 Å². The maximum absolute atomic E-state index is 6.25. The van der Waals surface area contributed by atoms with Gasteiger partial charge in [0, 0.05) is 0 Å². The Hall–Kier alpha value is -1.66. The van der Waals surface area contributed by atoms with E-state index in [9.17, 15) is 0 Å². The molecule has 0 aromatic carbocycles. The van der Waals surface area contributed by atoms with E-state index in [0.717, 1.165) is 0 Å². The maximum atomic E-state index is 6.25. The molecule has 2 radical (unpaired) electrons. The molecule has 72 valence electrons. The molecule has 0 saturated carbocycles. The van der Waals surface area contributed by atoms with E-state index in [0.29, 0.717) is 0 Å². The molecular weight excluding hydrogens is 421 g/mol. The standard InChI is InChI=1S/6CN.Bi.Fe/c6*1-2;;/q6*-1;+1;. The zero-order valence-electron chi connectivity index (χ0n) is 6.48. The van der Waals surface area contributed by atoms with Gasteiger partial charge in [0.15, 0.2) is 0 Å². The van der Waals surface area contributed by atoms with E-state index in [1.165, 1.54) is 21.7 Å². The Balaban J connectivity index is -0.00000000817. The summed E-state index contributed by atoms with van der Waals surface area (Å²) in [4.78, 5) is 0. The second kappa shape index (κ2) is 442. The topological polar surface area (TPSA) is 143 Å². The van der Waals surface area contributed by atoms with Gasteiger partial charge in [-0.2, -0.15) is 0 Å². The zero-order chi connectivity index (χ0) is 14.0. The molecule has 0 saturated heterocycles. The molecule has 0 amide bonds. The molecule has 0 spiro atoms. The summed E-state index contributed by atoms with van der Waals surface area (Å²) in [6.07, 6.45) is 0. The fourth-order valence-electron chi connectivity index (χ4n) is 0.